The van der Waals surface area contributed by atoms with E-state index in [2.05, 4.69) is 15.5 Å². The van der Waals surface area contributed by atoms with Gasteiger partial charge in [-0.25, -0.2) is 0 Å². The Balaban J connectivity index is 2.65. The fourth-order valence-electron chi connectivity index (χ4n) is 1.33. The molecular formula is C10H18N4O2S. The molecule has 1 amide bonds. The highest BCUT2D eigenvalue weighted by atomic mass is 32.1. The Morgan fingerprint density at radius 2 is 2.24 bits per heavy atom. The van der Waals surface area contributed by atoms with Crippen LogP contribution in [0.4, 0.5) is 5.13 Å². The summed E-state index contributed by atoms with van der Waals surface area (Å²) in [6.07, 6.45) is 0.582. The molecule has 1 heterocycles. The summed E-state index contributed by atoms with van der Waals surface area (Å²) in [5, 5.41) is 20.6. The number of nitrogens with one attached hydrogen (secondary N) is 1. The second kappa shape index (κ2) is 7.18. The van der Waals surface area contributed by atoms with Gasteiger partial charge in [0, 0.05) is 26.2 Å². The van der Waals surface area contributed by atoms with Gasteiger partial charge in [-0.15, -0.1) is 10.2 Å². The number of carbonyl (C=O) groups excluding carboxylic acids is 1. The van der Waals surface area contributed by atoms with Crippen LogP contribution in [0.25, 0.3) is 0 Å². The zero-order valence-corrected chi connectivity index (χ0v) is 11.0. The SMILES string of the molecule is CCNc1nnc(C(=O)N(CC)CCCO)s1. The zero-order chi connectivity index (χ0) is 12.7. The smallest absolute Gasteiger partial charge is 0.284 e. The standard InChI is InChI=1S/C10H18N4O2S/c1-3-11-10-13-12-8(17-10)9(16)14(4-2)6-5-7-15/h15H,3-7H2,1-2H3,(H,11,13). The van der Waals surface area contributed by atoms with Crippen molar-refractivity contribution in [2.45, 2.75) is 20.3 Å². The van der Waals surface area contributed by atoms with E-state index in [1.807, 2.05) is 13.8 Å². The van der Waals surface area contributed by atoms with Crippen LogP contribution in [0.2, 0.25) is 0 Å². The summed E-state index contributed by atoms with van der Waals surface area (Å²) in [6, 6.07) is 0. The maximum Gasteiger partial charge on any atom is 0.284 e. The lowest BCUT2D eigenvalue weighted by Crippen LogP contribution is -2.32. The lowest BCUT2D eigenvalue weighted by atomic mass is 10.4. The molecule has 0 atom stereocenters. The van der Waals surface area contributed by atoms with Crippen LogP contribution in [0.1, 0.15) is 30.1 Å². The molecule has 0 unspecified atom stereocenters. The molecule has 1 aromatic rings. The number of aromatic nitrogens is 2. The first kappa shape index (κ1) is 13.9. The lowest BCUT2D eigenvalue weighted by molar-refractivity contribution is 0.0753. The molecule has 0 aliphatic carbocycles. The van der Waals surface area contributed by atoms with Gasteiger partial charge in [0.05, 0.1) is 0 Å². The average Bonchev–Trinajstić information content (AvgIpc) is 2.79. The van der Waals surface area contributed by atoms with Crippen LogP contribution in [0.3, 0.4) is 0 Å². The topological polar surface area (TPSA) is 78.4 Å². The molecule has 0 radical (unpaired) electrons. The molecule has 0 bridgehead atoms. The Hall–Kier alpha value is -1.21. The third-order valence-electron chi connectivity index (χ3n) is 2.19. The Morgan fingerprint density at radius 3 is 2.82 bits per heavy atom. The molecule has 0 spiro atoms. The molecule has 0 aliphatic heterocycles. The molecule has 17 heavy (non-hydrogen) atoms. The van der Waals surface area contributed by atoms with Crippen LogP contribution in [0.15, 0.2) is 0 Å². The third-order valence-corrected chi connectivity index (χ3v) is 3.06. The van der Waals surface area contributed by atoms with Crippen molar-refractivity contribution in [1.29, 1.82) is 0 Å². The largest absolute Gasteiger partial charge is 0.396 e. The van der Waals surface area contributed by atoms with E-state index < -0.39 is 0 Å². The van der Waals surface area contributed by atoms with Crippen molar-refractivity contribution in [3.8, 4) is 0 Å². The van der Waals surface area contributed by atoms with Crippen molar-refractivity contribution in [2.75, 3.05) is 31.6 Å². The van der Waals surface area contributed by atoms with Crippen LogP contribution < -0.4 is 5.32 Å². The Kier molecular flexibility index (Phi) is 5.85. The van der Waals surface area contributed by atoms with Gasteiger partial charge in [-0.05, 0) is 20.3 Å². The number of rotatable bonds is 7. The fraction of sp³-hybridized carbons (Fsp3) is 0.700. The number of nitrogens with zero attached hydrogens (tertiary/aromatic N) is 3. The Labute approximate surface area is 105 Å². The number of anilines is 1. The molecule has 6 nitrogen and oxygen atoms in total. The van der Waals surface area contributed by atoms with Gasteiger partial charge >= 0.3 is 0 Å². The maximum atomic E-state index is 12.0. The van der Waals surface area contributed by atoms with Gasteiger partial charge in [0.15, 0.2) is 0 Å². The normalized spacial score (nSPS) is 10.3. The fourth-order valence-corrected chi connectivity index (χ4v) is 2.11. The predicted octanol–water partition coefficient (Wildman–Crippen LogP) is 0.814. The minimum Gasteiger partial charge on any atom is -0.396 e. The summed E-state index contributed by atoms with van der Waals surface area (Å²) < 4.78 is 0. The number of hydrogen-bond donors (Lipinski definition) is 2. The minimum atomic E-state index is -0.123. The van der Waals surface area contributed by atoms with Crippen molar-refractivity contribution in [3.05, 3.63) is 5.01 Å². The highest BCUT2D eigenvalue weighted by molar-refractivity contribution is 7.17. The second-order valence-electron chi connectivity index (χ2n) is 3.40. The van der Waals surface area contributed by atoms with Gasteiger partial charge < -0.3 is 15.3 Å². The highest BCUT2D eigenvalue weighted by Crippen LogP contribution is 2.16. The van der Waals surface area contributed by atoms with E-state index in [0.717, 1.165) is 6.54 Å². The molecule has 1 aromatic heterocycles. The van der Waals surface area contributed by atoms with E-state index in [-0.39, 0.29) is 12.5 Å². The van der Waals surface area contributed by atoms with Crippen molar-refractivity contribution < 1.29 is 9.90 Å². The van der Waals surface area contributed by atoms with Crippen molar-refractivity contribution in [3.63, 3.8) is 0 Å². The second-order valence-corrected chi connectivity index (χ2v) is 4.38. The third kappa shape index (κ3) is 3.94. The van der Waals surface area contributed by atoms with Crippen LogP contribution >= 0.6 is 11.3 Å². The molecule has 1 rings (SSSR count). The van der Waals surface area contributed by atoms with Crippen LogP contribution in [-0.4, -0.2) is 52.4 Å². The van der Waals surface area contributed by atoms with Gasteiger partial charge in [-0.3, -0.25) is 4.79 Å². The average molecular weight is 258 g/mol. The van der Waals surface area contributed by atoms with Gasteiger partial charge in [0.1, 0.15) is 0 Å². The quantitative estimate of drug-likeness (QED) is 0.757. The van der Waals surface area contributed by atoms with E-state index in [4.69, 9.17) is 5.11 Å². The van der Waals surface area contributed by atoms with Gasteiger partial charge in [-0.1, -0.05) is 11.3 Å². The maximum absolute atomic E-state index is 12.0. The summed E-state index contributed by atoms with van der Waals surface area (Å²) >= 11 is 1.26. The number of amides is 1. The number of aliphatic hydroxyl groups is 1. The molecule has 0 saturated heterocycles. The van der Waals surface area contributed by atoms with Crippen LogP contribution in [-0.2, 0) is 0 Å². The first-order chi connectivity index (χ1) is 8.22. The summed E-state index contributed by atoms with van der Waals surface area (Å²) in [5.74, 6) is -0.123. The summed E-state index contributed by atoms with van der Waals surface area (Å²) in [4.78, 5) is 13.7. The van der Waals surface area contributed by atoms with Crippen molar-refractivity contribution in [2.24, 2.45) is 0 Å². The van der Waals surface area contributed by atoms with E-state index in [0.29, 0.717) is 29.6 Å². The van der Waals surface area contributed by atoms with Crippen LogP contribution in [0, 0.1) is 0 Å². The summed E-state index contributed by atoms with van der Waals surface area (Å²) in [6.45, 7) is 5.86. The molecule has 0 aliphatic rings. The number of aliphatic hydroxyl groups excluding tert-OH is 1. The number of hydrogen-bond acceptors (Lipinski definition) is 6. The molecule has 0 saturated carbocycles. The van der Waals surface area contributed by atoms with Crippen molar-refractivity contribution in [1.82, 2.24) is 15.1 Å². The van der Waals surface area contributed by atoms with E-state index in [1.54, 1.807) is 4.90 Å². The lowest BCUT2D eigenvalue weighted by Gasteiger charge is -2.18. The van der Waals surface area contributed by atoms with Gasteiger partial charge in [0.2, 0.25) is 10.1 Å². The summed E-state index contributed by atoms with van der Waals surface area (Å²) in [7, 11) is 0. The molecule has 96 valence electrons. The van der Waals surface area contributed by atoms with E-state index in [1.165, 1.54) is 11.3 Å². The summed E-state index contributed by atoms with van der Waals surface area (Å²) in [5.41, 5.74) is 0. The molecule has 7 heteroatoms. The Bertz CT molecular complexity index is 356. The van der Waals surface area contributed by atoms with E-state index >= 15 is 0 Å². The van der Waals surface area contributed by atoms with Crippen molar-refractivity contribution >= 4 is 22.4 Å². The molecule has 2 N–H and O–H groups in total. The monoisotopic (exact) mass is 258 g/mol. The molecule has 0 aromatic carbocycles. The predicted molar refractivity (Wildman–Crippen MR) is 67.4 cm³/mol. The zero-order valence-electron chi connectivity index (χ0n) is 10.1. The first-order valence-electron chi connectivity index (χ1n) is 5.70. The van der Waals surface area contributed by atoms with Gasteiger partial charge in [0.25, 0.3) is 5.91 Å². The van der Waals surface area contributed by atoms with E-state index in [9.17, 15) is 4.79 Å². The van der Waals surface area contributed by atoms with Crippen LogP contribution in [0.5, 0.6) is 0 Å². The highest BCUT2D eigenvalue weighted by Gasteiger charge is 2.18. The number of carbonyl (C=O) groups is 1. The molecular weight excluding hydrogens is 240 g/mol. The minimum absolute atomic E-state index is 0.0859. The van der Waals surface area contributed by atoms with Gasteiger partial charge in [-0.2, -0.15) is 0 Å². The first-order valence-corrected chi connectivity index (χ1v) is 6.52. The molecule has 0 fully saturated rings. The Morgan fingerprint density at radius 1 is 1.47 bits per heavy atom.